The van der Waals surface area contributed by atoms with Crippen molar-refractivity contribution < 1.29 is 18.7 Å². The second-order valence-corrected chi connectivity index (χ2v) is 7.09. The van der Waals surface area contributed by atoms with Crippen LogP contribution >= 0.6 is 11.6 Å². The van der Waals surface area contributed by atoms with Crippen LogP contribution in [-0.4, -0.2) is 20.9 Å². The maximum atomic E-state index is 12.3. The number of nitro benzene ring substituents is 1. The number of ether oxygens (including phenoxy) is 1. The number of nitrogens with zero attached hydrogens (tertiary/aromatic N) is 1. The molecule has 0 heterocycles. The number of carbonyl (C=O) groups is 1. The number of esters is 1. The van der Waals surface area contributed by atoms with Crippen molar-refractivity contribution in [1.82, 2.24) is 0 Å². The first-order valence-corrected chi connectivity index (χ1v) is 9.17. The van der Waals surface area contributed by atoms with Crippen molar-refractivity contribution in [3.63, 3.8) is 0 Å². The van der Waals surface area contributed by atoms with Crippen LogP contribution < -0.4 is 4.74 Å². The first kappa shape index (κ1) is 18.0. The molecule has 0 bridgehead atoms. The van der Waals surface area contributed by atoms with E-state index in [1.54, 1.807) is 18.2 Å². The lowest BCUT2D eigenvalue weighted by Gasteiger charge is -2.09. The molecule has 6 nitrogen and oxygen atoms in total. The predicted molar refractivity (Wildman–Crippen MR) is 99.0 cm³/mol. The van der Waals surface area contributed by atoms with E-state index in [9.17, 15) is 19.1 Å². The van der Waals surface area contributed by atoms with Gasteiger partial charge in [0.15, 0.2) is 0 Å². The van der Waals surface area contributed by atoms with Crippen LogP contribution in [0.5, 0.6) is 5.75 Å². The van der Waals surface area contributed by atoms with E-state index in [1.807, 2.05) is 18.2 Å². The molecule has 0 aliphatic rings. The van der Waals surface area contributed by atoms with Gasteiger partial charge in [0, 0.05) is 11.5 Å². The number of carbonyl (C=O) groups excluding carboxylic acids is 1. The van der Waals surface area contributed by atoms with Crippen molar-refractivity contribution in [2.75, 3.05) is 5.75 Å². The van der Waals surface area contributed by atoms with Gasteiger partial charge in [-0.25, -0.2) is 0 Å². The minimum Gasteiger partial charge on any atom is -0.424 e. The Labute approximate surface area is 156 Å². The SMILES string of the molecule is O=C(CS(=O)c1ccccc1[N+](=O)[O-])Oc1ccc2ccccc2c1Cl. The van der Waals surface area contributed by atoms with E-state index >= 15 is 0 Å². The van der Waals surface area contributed by atoms with Gasteiger partial charge in [-0.15, -0.1) is 0 Å². The topological polar surface area (TPSA) is 86.5 Å². The largest absolute Gasteiger partial charge is 0.424 e. The second kappa shape index (κ2) is 7.63. The third-order valence-electron chi connectivity index (χ3n) is 3.61. The second-order valence-electron chi connectivity index (χ2n) is 5.29. The van der Waals surface area contributed by atoms with Gasteiger partial charge in [-0.3, -0.25) is 19.1 Å². The number of halogens is 1. The molecule has 0 radical (unpaired) electrons. The summed E-state index contributed by atoms with van der Waals surface area (Å²) in [7, 11) is -1.91. The number of para-hydroxylation sites is 1. The third kappa shape index (κ3) is 3.74. The van der Waals surface area contributed by atoms with Crippen LogP contribution in [-0.2, 0) is 15.6 Å². The fraction of sp³-hybridized carbons (Fsp3) is 0.0556. The molecule has 1 atom stereocenters. The summed E-state index contributed by atoms with van der Waals surface area (Å²) in [6.45, 7) is 0. The Balaban J connectivity index is 1.79. The van der Waals surface area contributed by atoms with Crippen molar-refractivity contribution in [3.05, 3.63) is 75.8 Å². The van der Waals surface area contributed by atoms with Gasteiger partial charge in [0.1, 0.15) is 16.4 Å². The van der Waals surface area contributed by atoms with Crippen LogP contribution in [0.15, 0.2) is 65.6 Å². The molecule has 0 fully saturated rings. The molecule has 0 aliphatic carbocycles. The molecule has 132 valence electrons. The van der Waals surface area contributed by atoms with Crippen LogP contribution in [0.4, 0.5) is 5.69 Å². The summed E-state index contributed by atoms with van der Waals surface area (Å²) >= 11 is 6.26. The summed E-state index contributed by atoms with van der Waals surface area (Å²) in [5.74, 6) is -1.16. The minimum absolute atomic E-state index is 0.0286. The molecule has 0 amide bonds. The smallest absolute Gasteiger partial charge is 0.324 e. The summed E-state index contributed by atoms with van der Waals surface area (Å²) in [6, 6.07) is 16.2. The summed E-state index contributed by atoms with van der Waals surface area (Å²) in [5.41, 5.74) is -0.303. The Kier molecular flexibility index (Phi) is 5.29. The van der Waals surface area contributed by atoms with E-state index in [2.05, 4.69) is 0 Å². The Morgan fingerprint density at radius 2 is 1.77 bits per heavy atom. The van der Waals surface area contributed by atoms with Crippen LogP contribution in [0, 0.1) is 10.1 Å². The third-order valence-corrected chi connectivity index (χ3v) is 5.33. The normalized spacial score (nSPS) is 11.9. The van der Waals surface area contributed by atoms with Crippen LogP contribution in [0.1, 0.15) is 0 Å². The lowest BCUT2D eigenvalue weighted by atomic mass is 10.1. The van der Waals surface area contributed by atoms with Crippen molar-refractivity contribution in [3.8, 4) is 5.75 Å². The summed E-state index contributed by atoms with van der Waals surface area (Å²) in [4.78, 5) is 22.5. The fourth-order valence-electron chi connectivity index (χ4n) is 2.43. The highest BCUT2D eigenvalue weighted by Crippen LogP contribution is 2.33. The van der Waals surface area contributed by atoms with Crippen molar-refractivity contribution in [1.29, 1.82) is 0 Å². The summed E-state index contributed by atoms with van der Waals surface area (Å²) in [6.07, 6.45) is 0. The molecule has 0 N–H and O–H groups in total. The maximum absolute atomic E-state index is 12.3. The number of fused-ring (bicyclic) bond motifs is 1. The molecule has 0 aliphatic heterocycles. The molecule has 0 aromatic heterocycles. The van der Waals surface area contributed by atoms with Crippen LogP contribution in [0.25, 0.3) is 10.8 Å². The standard InChI is InChI=1S/C18H12ClNO5S/c19-18-13-6-2-1-5-12(13)9-10-15(18)25-17(21)11-26(24)16-8-4-3-7-14(16)20(22)23/h1-10H,11H2. The Morgan fingerprint density at radius 1 is 1.08 bits per heavy atom. The molecular weight excluding hydrogens is 378 g/mol. The van der Waals surface area contributed by atoms with E-state index in [0.717, 1.165) is 10.8 Å². The molecule has 8 heteroatoms. The number of rotatable bonds is 5. The zero-order valence-electron chi connectivity index (χ0n) is 13.3. The molecular formula is C18H12ClNO5S. The van der Waals surface area contributed by atoms with Gasteiger partial charge in [-0.05, 0) is 17.5 Å². The molecule has 3 aromatic carbocycles. The number of nitro groups is 1. The fourth-order valence-corrected chi connectivity index (χ4v) is 3.74. The van der Waals surface area contributed by atoms with E-state index < -0.39 is 27.4 Å². The van der Waals surface area contributed by atoms with Crippen molar-refractivity contribution in [2.45, 2.75) is 4.90 Å². The molecule has 26 heavy (non-hydrogen) atoms. The van der Waals surface area contributed by atoms with E-state index in [0.29, 0.717) is 0 Å². The quantitative estimate of drug-likeness (QED) is 0.283. The Morgan fingerprint density at radius 3 is 2.54 bits per heavy atom. The average Bonchev–Trinajstić information content (AvgIpc) is 2.64. The monoisotopic (exact) mass is 389 g/mol. The van der Waals surface area contributed by atoms with Gasteiger partial charge in [-0.2, -0.15) is 0 Å². The predicted octanol–water partition coefficient (Wildman–Crippen LogP) is 4.11. The number of hydrogen-bond acceptors (Lipinski definition) is 5. The minimum atomic E-state index is -1.91. The molecule has 3 rings (SSSR count). The first-order valence-electron chi connectivity index (χ1n) is 7.47. The van der Waals surface area contributed by atoms with Gasteiger partial charge in [0.05, 0.1) is 20.7 Å². The van der Waals surface area contributed by atoms with Crippen molar-refractivity contribution in [2.24, 2.45) is 0 Å². The molecule has 1 unspecified atom stereocenters. The van der Waals surface area contributed by atoms with E-state index in [4.69, 9.17) is 16.3 Å². The lowest BCUT2D eigenvalue weighted by molar-refractivity contribution is -0.387. The maximum Gasteiger partial charge on any atom is 0.324 e. The molecule has 0 saturated heterocycles. The van der Waals surface area contributed by atoms with Gasteiger partial charge in [-0.1, -0.05) is 54.1 Å². The molecule has 3 aromatic rings. The van der Waals surface area contributed by atoms with Crippen LogP contribution in [0.3, 0.4) is 0 Å². The summed E-state index contributed by atoms with van der Waals surface area (Å²) < 4.78 is 17.6. The van der Waals surface area contributed by atoms with Gasteiger partial charge >= 0.3 is 5.97 Å². The average molecular weight is 390 g/mol. The van der Waals surface area contributed by atoms with Crippen molar-refractivity contribution >= 4 is 44.8 Å². The highest BCUT2D eigenvalue weighted by Gasteiger charge is 2.21. The van der Waals surface area contributed by atoms with Gasteiger partial charge in [0.25, 0.3) is 5.69 Å². The van der Waals surface area contributed by atoms with Crippen LogP contribution in [0.2, 0.25) is 5.02 Å². The molecule has 0 saturated carbocycles. The Hall–Kier alpha value is -2.77. The molecule has 0 spiro atoms. The van der Waals surface area contributed by atoms with E-state index in [-0.39, 0.29) is 21.4 Å². The lowest BCUT2D eigenvalue weighted by Crippen LogP contribution is -2.17. The number of hydrogen-bond donors (Lipinski definition) is 0. The van der Waals surface area contributed by atoms with E-state index in [1.165, 1.54) is 24.3 Å². The first-order chi connectivity index (χ1) is 12.5. The number of benzene rings is 3. The zero-order valence-corrected chi connectivity index (χ0v) is 14.8. The zero-order chi connectivity index (χ0) is 18.7. The Bertz CT molecular complexity index is 1040. The highest BCUT2D eigenvalue weighted by atomic mass is 35.5. The summed E-state index contributed by atoms with van der Waals surface area (Å²) in [5, 5.41) is 12.9. The highest BCUT2D eigenvalue weighted by molar-refractivity contribution is 7.85. The van der Waals surface area contributed by atoms with Gasteiger partial charge in [0.2, 0.25) is 0 Å². The van der Waals surface area contributed by atoms with Gasteiger partial charge < -0.3 is 4.74 Å².